The van der Waals surface area contributed by atoms with Gasteiger partial charge < -0.3 is 19.7 Å². The molecule has 0 aromatic heterocycles. The minimum atomic E-state index is -0.214. The van der Waals surface area contributed by atoms with E-state index in [9.17, 15) is 4.79 Å². The molecular weight excluding hydrogens is 444 g/mol. The van der Waals surface area contributed by atoms with Gasteiger partial charge in [-0.1, -0.05) is 36.4 Å². The summed E-state index contributed by atoms with van der Waals surface area (Å²) in [7, 11) is 3.12. The van der Waals surface area contributed by atoms with Crippen LogP contribution in [0, 0.1) is 0 Å². The first-order valence-corrected chi connectivity index (χ1v) is 10.5. The van der Waals surface area contributed by atoms with Crippen molar-refractivity contribution >= 4 is 33.2 Å². The zero-order valence-corrected chi connectivity index (χ0v) is 18.5. The number of ether oxygens (including phenoxy) is 2. The fourth-order valence-electron chi connectivity index (χ4n) is 3.75. The number of fused-ring (bicyclic) bond motifs is 1. The predicted octanol–water partition coefficient (Wildman–Crippen LogP) is 5.28. The Bertz CT molecular complexity index is 1060. The maximum Gasteiger partial charge on any atom is 0.255 e. The van der Waals surface area contributed by atoms with Gasteiger partial charge in [-0.05, 0) is 57.7 Å². The summed E-state index contributed by atoms with van der Waals surface area (Å²) in [6.45, 7) is 1.71. The lowest BCUT2D eigenvalue weighted by molar-refractivity contribution is 0.102. The Balaban J connectivity index is 1.57. The number of hydrogen-bond acceptors (Lipinski definition) is 4. The SMILES string of the molecule is COc1cc(C(=O)Nc2ccccc2CN2CCc3ccccc32)cc(OC)c1Br. The molecule has 3 aromatic rings. The van der Waals surface area contributed by atoms with Gasteiger partial charge in [-0.2, -0.15) is 0 Å². The number of hydrogen-bond donors (Lipinski definition) is 1. The summed E-state index contributed by atoms with van der Waals surface area (Å²) in [4.78, 5) is 15.4. The second kappa shape index (κ2) is 8.79. The molecule has 1 N–H and O–H groups in total. The fraction of sp³-hybridized carbons (Fsp3) is 0.208. The van der Waals surface area contributed by atoms with Crippen molar-refractivity contribution in [1.82, 2.24) is 0 Å². The molecule has 154 valence electrons. The molecule has 0 bridgehead atoms. The monoisotopic (exact) mass is 466 g/mol. The van der Waals surface area contributed by atoms with Gasteiger partial charge in [0.25, 0.3) is 5.91 Å². The van der Waals surface area contributed by atoms with Crippen LogP contribution in [0.3, 0.4) is 0 Å². The summed E-state index contributed by atoms with van der Waals surface area (Å²) in [6, 6.07) is 19.8. The molecule has 0 saturated carbocycles. The van der Waals surface area contributed by atoms with Crippen molar-refractivity contribution in [2.45, 2.75) is 13.0 Å². The van der Waals surface area contributed by atoms with E-state index in [1.165, 1.54) is 11.3 Å². The Morgan fingerprint density at radius 1 is 1.03 bits per heavy atom. The summed E-state index contributed by atoms with van der Waals surface area (Å²) in [6.07, 6.45) is 1.04. The summed E-state index contributed by atoms with van der Waals surface area (Å²) < 4.78 is 11.4. The molecule has 1 aliphatic rings. The Morgan fingerprint density at radius 2 is 1.70 bits per heavy atom. The molecule has 1 aliphatic heterocycles. The highest BCUT2D eigenvalue weighted by molar-refractivity contribution is 9.10. The van der Waals surface area contributed by atoms with Gasteiger partial charge in [0.1, 0.15) is 16.0 Å². The molecule has 0 radical (unpaired) electrons. The van der Waals surface area contributed by atoms with E-state index < -0.39 is 0 Å². The lowest BCUT2D eigenvalue weighted by Crippen LogP contribution is -2.21. The second-order valence-corrected chi connectivity index (χ2v) is 7.90. The van der Waals surface area contributed by atoms with E-state index in [0.717, 1.165) is 30.8 Å². The number of anilines is 2. The molecule has 0 aliphatic carbocycles. The molecular formula is C24H23BrN2O3. The van der Waals surface area contributed by atoms with Crippen LogP contribution in [-0.4, -0.2) is 26.7 Å². The molecule has 0 spiro atoms. The highest BCUT2D eigenvalue weighted by Gasteiger charge is 2.20. The van der Waals surface area contributed by atoms with Crippen molar-refractivity contribution in [2.24, 2.45) is 0 Å². The number of benzene rings is 3. The molecule has 0 saturated heterocycles. The van der Waals surface area contributed by atoms with Crippen LogP contribution in [-0.2, 0) is 13.0 Å². The summed E-state index contributed by atoms with van der Waals surface area (Å²) >= 11 is 3.44. The van der Waals surface area contributed by atoms with Crippen LogP contribution in [0.1, 0.15) is 21.5 Å². The largest absolute Gasteiger partial charge is 0.495 e. The standard InChI is InChI=1S/C24H23BrN2O3/c1-29-21-13-18(14-22(30-2)23(21)25)24(28)26-19-9-5-3-8-17(19)15-27-12-11-16-7-4-6-10-20(16)27/h3-10,13-14H,11-12,15H2,1-2H3,(H,26,28). The molecule has 30 heavy (non-hydrogen) atoms. The van der Waals surface area contributed by atoms with Crippen LogP contribution in [0.4, 0.5) is 11.4 Å². The molecule has 4 rings (SSSR count). The van der Waals surface area contributed by atoms with E-state index in [1.807, 2.05) is 18.2 Å². The van der Waals surface area contributed by atoms with Gasteiger partial charge in [-0.15, -0.1) is 0 Å². The van der Waals surface area contributed by atoms with Gasteiger partial charge in [-0.25, -0.2) is 0 Å². The highest BCUT2D eigenvalue weighted by Crippen LogP contribution is 2.36. The Kier molecular flexibility index (Phi) is 5.95. The molecule has 6 heteroatoms. The Morgan fingerprint density at radius 3 is 2.43 bits per heavy atom. The number of para-hydroxylation sites is 2. The number of carbonyl (C=O) groups is 1. The maximum absolute atomic E-state index is 13.0. The van der Waals surface area contributed by atoms with Crippen LogP contribution >= 0.6 is 15.9 Å². The van der Waals surface area contributed by atoms with E-state index in [-0.39, 0.29) is 5.91 Å². The van der Waals surface area contributed by atoms with Gasteiger partial charge in [0.2, 0.25) is 0 Å². The van der Waals surface area contributed by atoms with Crippen LogP contribution in [0.2, 0.25) is 0 Å². The number of methoxy groups -OCH3 is 2. The van der Waals surface area contributed by atoms with E-state index in [4.69, 9.17) is 9.47 Å². The first kappa shape index (κ1) is 20.3. The number of nitrogens with zero attached hydrogens (tertiary/aromatic N) is 1. The van der Waals surface area contributed by atoms with Crippen molar-refractivity contribution in [3.63, 3.8) is 0 Å². The third-order valence-corrected chi connectivity index (χ3v) is 6.10. The average Bonchev–Trinajstić information content (AvgIpc) is 3.18. The van der Waals surface area contributed by atoms with Gasteiger partial charge in [-0.3, -0.25) is 4.79 Å². The Hall–Kier alpha value is -2.99. The zero-order valence-electron chi connectivity index (χ0n) is 16.9. The van der Waals surface area contributed by atoms with Crippen LogP contribution < -0.4 is 19.7 Å². The number of nitrogens with one attached hydrogen (secondary N) is 1. The fourth-order valence-corrected chi connectivity index (χ4v) is 4.30. The van der Waals surface area contributed by atoms with E-state index >= 15 is 0 Å². The minimum Gasteiger partial charge on any atom is -0.495 e. The third kappa shape index (κ3) is 4.00. The van der Waals surface area contributed by atoms with Gasteiger partial charge in [0.15, 0.2) is 0 Å². The van der Waals surface area contributed by atoms with Crippen molar-refractivity contribution in [3.05, 3.63) is 81.8 Å². The third-order valence-electron chi connectivity index (χ3n) is 5.32. The molecule has 1 heterocycles. The average molecular weight is 467 g/mol. The summed E-state index contributed by atoms with van der Waals surface area (Å²) in [5.74, 6) is 0.872. The number of amides is 1. The number of halogens is 1. The molecule has 0 fully saturated rings. The second-order valence-electron chi connectivity index (χ2n) is 7.11. The lowest BCUT2D eigenvalue weighted by Gasteiger charge is -2.21. The zero-order chi connectivity index (χ0) is 21.1. The number of carbonyl (C=O) groups excluding carboxylic acids is 1. The van der Waals surface area contributed by atoms with E-state index in [2.05, 4.69) is 56.5 Å². The molecule has 3 aromatic carbocycles. The van der Waals surface area contributed by atoms with Crippen LogP contribution in [0.15, 0.2) is 65.1 Å². The molecule has 5 nitrogen and oxygen atoms in total. The van der Waals surface area contributed by atoms with Crippen molar-refractivity contribution in [1.29, 1.82) is 0 Å². The lowest BCUT2D eigenvalue weighted by atomic mass is 10.1. The Labute approximate surface area is 184 Å². The summed E-state index contributed by atoms with van der Waals surface area (Å²) in [5, 5.41) is 3.05. The van der Waals surface area contributed by atoms with Crippen molar-refractivity contribution in [2.75, 3.05) is 31.0 Å². The predicted molar refractivity (Wildman–Crippen MR) is 123 cm³/mol. The normalized spacial score (nSPS) is 12.4. The van der Waals surface area contributed by atoms with Gasteiger partial charge in [0, 0.05) is 30.0 Å². The topological polar surface area (TPSA) is 50.8 Å². The van der Waals surface area contributed by atoms with E-state index in [1.54, 1.807) is 26.4 Å². The maximum atomic E-state index is 13.0. The minimum absolute atomic E-state index is 0.214. The van der Waals surface area contributed by atoms with Crippen molar-refractivity contribution < 1.29 is 14.3 Å². The first-order valence-electron chi connectivity index (χ1n) is 9.74. The quantitative estimate of drug-likeness (QED) is 0.536. The number of rotatable bonds is 6. The van der Waals surface area contributed by atoms with Gasteiger partial charge in [0.05, 0.1) is 14.2 Å². The molecule has 0 atom stereocenters. The smallest absolute Gasteiger partial charge is 0.255 e. The highest BCUT2D eigenvalue weighted by atomic mass is 79.9. The van der Waals surface area contributed by atoms with E-state index in [0.29, 0.717) is 21.5 Å². The molecule has 0 unspecified atom stereocenters. The van der Waals surface area contributed by atoms with Crippen LogP contribution in [0.25, 0.3) is 0 Å². The summed E-state index contributed by atoms with van der Waals surface area (Å²) in [5.41, 5.74) is 4.97. The van der Waals surface area contributed by atoms with Crippen molar-refractivity contribution in [3.8, 4) is 11.5 Å². The first-order chi connectivity index (χ1) is 14.6. The van der Waals surface area contributed by atoms with Gasteiger partial charge >= 0.3 is 0 Å². The molecule has 1 amide bonds. The van der Waals surface area contributed by atoms with Crippen LogP contribution in [0.5, 0.6) is 11.5 Å².